The van der Waals surface area contributed by atoms with Gasteiger partial charge < -0.3 is 15.4 Å². The average Bonchev–Trinajstić information content (AvgIpc) is 3.10. The Morgan fingerprint density at radius 2 is 2.07 bits per heavy atom. The molecule has 0 bridgehead atoms. The normalized spacial score (nSPS) is 21.1. The van der Waals surface area contributed by atoms with Gasteiger partial charge in [0.2, 0.25) is 0 Å². The average molecular weight is 386 g/mol. The molecule has 1 aromatic heterocycles. The van der Waals surface area contributed by atoms with Crippen LogP contribution in [0.5, 0.6) is 0 Å². The lowest BCUT2D eigenvalue weighted by atomic mass is 9.89. The van der Waals surface area contributed by atoms with Gasteiger partial charge in [-0.15, -0.1) is 0 Å². The van der Waals surface area contributed by atoms with Crippen molar-refractivity contribution in [3.63, 3.8) is 0 Å². The van der Waals surface area contributed by atoms with Crippen molar-refractivity contribution in [2.24, 2.45) is 0 Å². The summed E-state index contributed by atoms with van der Waals surface area (Å²) in [6, 6.07) is 11.1. The number of hydrogen-bond donors (Lipinski definition) is 2. The molecule has 1 atom stereocenters. The molecule has 2 fully saturated rings. The molecule has 1 aliphatic heterocycles. The molecule has 1 saturated heterocycles. The molecule has 2 N–H and O–H groups in total. The van der Waals surface area contributed by atoms with Crippen LogP contribution in [0.15, 0.2) is 42.6 Å². The summed E-state index contributed by atoms with van der Waals surface area (Å²) in [6.07, 6.45) is 8.49. The van der Waals surface area contributed by atoms with E-state index < -0.39 is 0 Å². The first-order valence-corrected chi connectivity index (χ1v) is 9.93. The van der Waals surface area contributed by atoms with Crippen molar-refractivity contribution in [2.45, 2.75) is 50.2 Å². The Morgan fingerprint density at radius 3 is 2.81 bits per heavy atom. The molecule has 6 heteroatoms. The summed E-state index contributed by atoms with van der Waals surface area (Å²) in [5.74, 6) is 0.599. The van der Waals surface area contributed by atoms with Crippen LogP contribution in [0, 0.1) is 0 Å². The first-order chi connectivity index (χ1) is 13.1. The number of benzene rings is 1. The molecule has 2 aliphatic rings. The minimum Gasteiger partial charge on any atom is -0.375 e. The quantitative estimate of drug-likeness (QED) is 0.786. The Morgan fingerprint density at radius 1 is 1.22 bits per heavy atom. The number of carbonyl (C=O) groups excluding carboxylic acids is 1. The molecule has 1 saturated carbocycles. The molecular formula is C21H24ClN3O2. The van der Waals surface area contributed by atoms with E-state index in [-0.39, 0.29) is 11.5 Å². The third kappa shape index (κ3) is 4.42. The molecule has 27 heavy (non-hydrogen) atoms. The SMILES string of the molecule is O=C(Nc1cccc(Cl)c1)c1ccc(NC2CCOC3(CCCC3)C2)nc1. The molecule has 1 unspecified atom stereocenters. The van der Waals surface area contributed by atoms with Gasteiger partial charge in [-0.3, -0.25) is 4.79 Å². The van der Waals surface area contributed by atoms with E-state index in [0.717, 1.165) is 25.3 Å². The van der Waals surface area contributed by atoms with Crippen LogP contribution in [-0.4, -0.2) is 29.1 Å². The highest BCUT2D eigenvalue weighted by Gasteiger charge is 2.39. The number of pyridine rings is 1. The fraction of sp³-hybridized carbons (Fsp3) is 0.429. The molecule has 2 aromatic rings. The second-order valence-electron chi connectivity index (χ2n) is 7.47. The molecule has 1 aliphatic carbocycles. The Bertz CT molecular complexity index is 803. The van der Waals surface area contributed by atoms with Gasteiger partial charge in [-0.1, -0.05) is 30.5 Å². The molecule has 0 radical (unpaired) electrons. The van der Waals surface area contributed by atoms with E-state index in [0.29, 0.717) is 22.3 Å². The molecule has 142 valence electrons. The topological polar surface area (TPSA) is 63.2 Å². The Labute approximate surface area is 164 Å². The number of nitrogens with zero attached hydrogens (tertiary/aromatic N) is 1. The highest BCUT2D eigenvalue weighted by molar-refractivity contribution is 6.30. The van der Waals surface area contributed by atoms with E-state index in [9.17, 15) is 4.79 Å². The maximum absolute atomic E-state index is 12.4. The van der Waals surface area contributed by atoms with Gasteiger partial charge in [0.1, 0.15) is 5.82 Å². The van der Waals surface area contributed by atoms with E-state index in [1.165, 1.54) is 25.7 Å². The van der Waals surface area contributed by atoms with Gasteiger partial charge in [0.25, 0.3) is 5.91 Å². The van der Waals surface area contributed by atoms with Gasteiger partial charge >= 0.3 is 0 Å². The van der Waals surface area contributed by atoms with Crippen molar-refractivity contribution in [1.82, 2.24) is 4.98 Å². The monoisotopic (exact) mass is 385 g/mol. The van der Waals surface area contributed by atoms with Crippen molar-refractivity contribution in [1.29, 1.82) is 0 Å². The molecule has 1 aromatic carbocycles. The zero-order valence-corrected chi connectivity index (χ0v) is 16.0. The van der Waals surface area contributed by atoms with Crippen LogP contribution >= 0.6 is 11.6 Å². The first kappa shape index (κ1) is 18.3. The number of aromatic nitrogens is 1. The largest absolute Gasteiger partial charge is 0.375 e. The lowest BCUT2D eigenvalue weighted by Gasteiger charge is -2.38. The van der Waals surface area contributed by atoms with Gasteiger partial charge in [0.05, 0.1) is 11.2 Å². The summed E-state index contributed by atoms with van der Waals surface area (Å²) in [5.41, 5.74) is 1.26. The number of halogens is 1. The molecule has 4 rings (SSSR count). The van der Waals surface area contributed by atoms with Crippen molar-refractivity contribution in [3.05, 3.63) is 53.2 Å². The second-order valence-corrected chi connectivity index (χ2v) is 7.91. The van der Waals surface area contributed by atoms with Crippen LogP contribution in [-0.2, 0) is 4.74 Å². The predicted molar refractivity (Wildman–Crippen MR) is 107 cm³/mol. The Balaban J connectivity index is 1.36. The highest BCUT2D eigenvalue weighted by Crippen LogP contribution is 2.40. The van der Waals surface area contributed by atoms with Crippen molar-refractivity contribution >= 4 is 29.0 Å². The molecule has 1 spiro atoms. The summed E-state index contributed by atoms with van der Waals surface area (Å²) in [4.78, 5) is 16.8. The molecule has 2 heterocycles. The number of nitrogens with one attached hydrogen (secondary N) is 2. The standard InChI is InChI=1S/C21H24ClN3O2/c22-16-4-3-5-17(12-16)25-20(26)15-6-7-19(23-14-15)24-18-8-11-27-21(13-18)9-1-2-10-21/h3-7,12,14,18H,1-2,8-11,13H2,(H,23,24)(H,25,26). The smallest absolute Gasteiger partial charge is 0.257 e. The van der Waals surface area contributed by atoms with Gasteiger partial charge in [-0.2, -0.15) is 0 Å². The zero-order chi connectivity index (χ0) is 18.7. The maximum Gasteiger partial charge on any atom is 0.257 e. The second kappa shape index (κ2) is 7.87. The highest BCUT2D eigenvalue weighted by atomic mass is 35.5. The van der Waals surface area contributed by atoms with E-state index in [1.54, 1.807) is 36.5 Å². The minimum absolute atomic E-state index is 0.0761. The van der Waals surface area contributed by atoms with E-state index in [2.05, 4.69) is 15.6 Å². The first-order valence-electron chi connectivity index (χ1n) is 9.55. The van der Waals surface area contributed by atoms with E-state index in [4.69, 9.17) is 16.3 Å². The zero-order valence-electron chi connectivity index (χ0n) is 15.2. The summed E-state index contributed by atoms with van der Waals surface area (Å²) < 4.78 is 6.09. The van der Waals surface area contributed by atoms with Crippen molar-refractivity contribution < 1.29 is 9.53 Å². The maximum atomic E-state index is 12.4. The summed E-state index contributed by atoms with van der Waals surface area (Å²) >= 11 is 5.95. The van der Waals surface area contributed by atoms with E-state index in [1.807, 2.05) is 6.07 Å². The van der Waals surface area contributed by atoms with Crippen LogP contribution in [0.1, 0.15) is 48.9 Å². The lowest BCUT2D eigenvalue weighted by molar-refractivity contribution is -0.0767. The number of hydrogen-bond acceptors (Lipinski definition) is 4. The van der Waals surface area contributed by atoms with Crippen molar-refractivity contribution in [2.75, 3.05) is 17.2 Å². The lowest BCUT2D eigenvalue weighted by Crippen LogP contribution is -2.42. The fourth-order valence-corrected chi connectivity index (χ4v) is 4.30. The third-order valence-corrected chi connectivity index (χ3v) is 5.70. The van der Waals surface area contributed by atoms with Crippen LogP contribution < -0.4 is 10.6 Å². The Hall–Kier alpha value is -2.11. The number of amides is 1. The van der Waals surface area contributed by atoms with Crippen molar-refractivity contribution in [3.8, 4) is 0 Å². The van der Waals surface area contributed by atoms with Crippen LogP contribution in [0.25, 0.3) is 0 Å². The summed E-state index contributed by atoms with van der Waals surface area (Å²) in [5, 5.41) is 6.93. The third-order valence-electron chi connectivity index (χ3n) is 5.47. The number of rotatable bonds is 4. The van der Waals surface area contributed by atoms with Gasteiger partial charge in [0.15, 0.2) is 0 Å². The van der Waals surface area contributed by atoms with Crippen LogP contribution in [0.2, 0.25) is 5.02 Å². The summed E-state index contributed by atoms with van der Waals surface area (Å²) in [7, 11) is 0. The number of anilines is 2. The Kier molecular flexibility index (Phi) is 5.32. The predicted octanol–water partition coefficient (Wildman–Crippen LogP) is 4.89. The number of ether oxygens (including phenoxy) is 1. The number of carbonyl (C=O) groups is 1. The van der Waals surface area contributed by atoms with Gasteiger partial charge in [-0.25, -0.2) is 4.98 Å². The fourth-order valence-electron chi connectivity index (χ4n) is 4.11. The molecular weight excluding hydrogens is 362 g/mol. The summed E-state index contributed by atoms with van der Waals surface area (Å²) in [6.45, 7) is 0.803. The van der Waals surface area contributed by atoms with Gasteiger partial charge in [-0.05, 0) is 56.0 Å². The minimum atomic E-state index is -0.202. The van der Waals surface area contributed by atoms with Gasteiger partial charge in [0, 0.05) is 29.6 Å². The van der Waals surface area contributed by atoms with Crippen LogP contribution in [0.4, 0.5) is 11.5 Å². The van der Waals surface area contributed by atoms with Crippen LogP contribution in [0.3, 0.4) is 0 Å². The molecule has 1 amide bonds. The van der Waals surface area contributed by atoms with E-state index >= 15 is 0 Å². The molecule has 5 nitrogen and oxygen atoms in total.